The third-order valence-electron chi connectivity index (χ3n) is 3.50. The monoisotopic (exact) mass is 266 g/mol. The molecule has 2 rings (SSSR count). The van der Waals surface area contributed by atoms with Gasteiger partial charge in [-0.3, -0.25) is 4.79 Å². The van der Waals surface area contributed by atoms with Gasteiger partial charge in [0, 0.05) is 12.2 Å². The molecule has 0 aromatic heterocycles. The number of likely N-dealkylation sites (tertiary alicyclic amines) is 1. The second kappa shape index (κ2) is 5.17. The molecule has 1 aliphatic heterocycles. The lowest BCUT2D eigenvalue weighted by molar-refractivity contribution is -0.130. The Balaban J connectivity index is 2.12. The summed E-state index contributed by atoms with van der Waals surface area (Å²) in [7, 11) is 1.81. The highest BCUT2D eigenvalue weighted by molar-refractivity contribution is 5.98. The maximum atomic E-state index is 14.6. The van der Waals surface area contributed by atoms with Crippen molar-refractivity contribution in [2.24, 2.45) is 0 Å². The number of aryl methyl sites for hydroxylation is 1. The van der Waals surface area contributed by atoms with Gasteiger partial charge in [-0.1, -0.05) is 0 Å². The van der Waals surface area contributed by atoms with Crippen molar-refractivity contribution in [3.8, 4) is 5.75 Å². The van der Waals surface area contributed by atoms with Crippen LogP contribution in [0.5, 0.6) is 5.75 Å². The molecule has 19 heavy (non-hydrogen) atoms. The molecule has 104 valence electrons. The van der Waals surface area contributed by atoms with Crippen LogP contribution in [0.3, 0.4) is 0 Å². The summed E-state index contributed by atoms with van der Waals surface area (Å²) in [5, 5.41) is 11.9. The Morgan fingerprint density at radius 1 is 1.53 bits per heavy atom. The van der Waals surface area contributed by atoms with Crippen molar-refractivity contribution in [2.75, 3.05) is 25.5 Å². The number of benzene rings is 1. The molecule has 1 heterocycles. The first-order valence-corrected chi connectivity index (χ1v) is 6.39. The highest BCUT2D eigenvalue weighted by Gasteiger charge is 2.41. The zero-order valence-electron chi connectivity index (χ0n) is 11.2. The number of hydrogen-bond acceptors (Lipinski definition) is 3. The van der Waals surface area contributed by atoms with Gasteiger partial charge in [0.2, 0.25) is 5.67 Å². The predicted octanol–water partition coefficient (Wildman–Crippen LogP) is 2.07. The van der Waals surface area contributed by atoms with Crippen LogP contribution in [0.25, 0.3) is 0 Å². The number of alkyl halides is 1. The van der Waals surface area contributed by atoms with Crippen LogP contribution in [-0.4, -0.2) is 41.7 Å². The summed E-state index contributed by atoms with van der Waals surface area (Å²) in [4.78, 5) is 13.9. The molecule has 1 aromatic rings. The summed E-state index contributed by atoms with van der Waals surface area (Å²) < 4.78 is 14.6. The average Bonchev–Trinajstić information content (AvgIpc) is 2.32. The SMILES string of the molecule is Cc1cc(O)ccc1NC(=O)C1(F)CCCN(C)C1. The molecular formula is C14H19FN2O2. The topological polar surface area (TPSA) is 52.6 Å². The number of aromatic hydroxyl groups is 1. The van der Waals surface area contributed by atoms with Crippen LogP contribution in [0.1, 0.15) is 18.4 Å². The number of phenols is 1. The van der Waals surface area contributed by atoms with Crippen molar-refractivity contribution in [3.05, 3.63) is 23.8 Å². The van der Waals surface area contributed by atoms with Crippen molar-refractivity contribution in [3.63, 3.8) is 0 Å². The van der Waals surface area contributed by atoms with Gasteiger partial charge in [-0.05, 0) is 57.1 Å². The molecule has 1 saturated heterocycles. The van der Waals surface area contributed by atoms with E-state index in [0.29, 0.717) is 17.7 Å². The van der Waals surface area contributed by atoms with E-state index >= 15 is 0 Å². The summed E-state index contributed by atoms with van der Waals surface area (Å²) in [6.45, 7) is 2.69. The van der Waals surface area contributed by atoms with E-state index in [1.165, 1.54) is 12.1 Å². The molecule has 0 spiro atoms. The number of phenolic OH excluding ortho intramolecular Hbond substituents is 1. The van der Waals surface area contributed by atoms with Crippen molar-refractivity contribution in [1.82, 2.24) is 4.90 Å². The lowest BCUT2D eigenvalue weighted by Crippen LogP contribution is -2.51. The zero-order valence-corrected chi connectivity index (χ0v) is 11.2. The van der Waals surface area contributed by atoms with Gasteiger partial charge in [0.15, 0.2) is 0 Å². The van der Waals surface area contributed by atoms with E-state index in [0.717, 1.165) is 6.54 Å². The third-order valence-corrected chi connectivity index (χ3v) is 3.50. The van der Waals surface area contributed by atoms with Crippen LogP contribution >= 0.6 is 0 Å². The molecule has 0 bridgehead atoms. The average molecular weight is 266 g/mol. The molecule has 0 saturated carbocycles. The van der Waals surface area contributed by atoms with E-state index in [4.69, 9.17) is 0 Å². The molecule has 0 radical (unpaired) electrons. The van der Waals surface area contributed by atoms with E-state index in [1.807, 2.05) is 11.9 Å². The van der Waals surface area contributed by atoms with Gasteiger partial charge in [0.05, 0.1) is 0 Å². The maximum Gasteiger partial charge on any atom is 0.263 e. The van der Waals surface area contributed by atoms with E-state index < -0.39 is 11.6 Å². The molecule has 1 atom stereocenters. The lowest BCUT2D eigenvalue weighted by Gasteiger charge is -2.34. The van der Waals surface area contributed by atoms with Crippen LogP contribution in [0.15, 0.2) is 18.2 Å². The first-order chi connectivity index (χ1) is 8.90. The first-order valence-electron chi connectivity index (χ1n) is 6.39. The number of rotatable bonds is 2. The molecule has 0 aliphatic carbocycles. The number of hydrogen-bond donors (Lipinski definition) is 2. The smallest absolute Gasteiger partial charge is 0.263 e. The van der Waals surface area contributed by atoms with Crippen LogP contribution in [0.4, 0.5) is 10.1 Å². The molecule has 5 heteroatoms. The molecule has 1 fully saturated rings. The Labute approximate surface area is 112 Å². The minimum absolute atomic E-state index is 0.121. The molecule has 1 aliphatic rings. The molecule has 1 amide bonds. The number of amides is 1. The van der Waals surface area contributed by atoms with E-state index in [-0.39, 0.29) is 18.7 Å². The summed E-state index contributed by atoms with van der Waals surface area (Å²) in [6, 6.07) is 4.59. The van der Waals surface area contributed by atoms with Gasteiger partial charge in [-0.2, -0.15) is 0 Å². The predicted molar refractivity (Wildman–Crippen MR) is 72.0 cm³/mol. The molecule has 2 N–H and O–H groups in total. The number of nitrogens with one attached hydrogen (secondary N) is 1. The fraction of sp³-hybridized carbons (Fsp3) is 0.500. The van der Waals surface area contributed by atoms with Gasteiger partial charge in [0.1, 0.15) is 5.75 Å². The van der Waals surface area contributed by atoms with Crippen molar-refractivity contribution < 1.29 is 14.3 Å². The molecule has 1 aromatic carbocycles. The quantitative estimate of drug-likeness (QED) is 0.806. The van der Waals surface area contributed by atoms with Gasteiger partial charge < -0.3 is 15.3 Å². The summed E-state index contributed by atoms with van der Waals surface area (Å²) in [6.07, 6.45) is 0.926. The van der Waals surface area contributed by atoms with E-state index in [2.05, 4.69) is 5.32 Å². The number of nitrogens with zero attached hydrogens (tertiary/aromatic N) is 1. The molecule has 4 nitrogen and oxygen atoms in total. The molecular weight excluding hydrogens is 247 g/mol. The van der Waals surface area contributed by atoms with Gasteiger partial charge >= 0.3 is 0 Å². The maximum absolute atomic E-state index is 14.6. The van der Waals surface area contributed by atoms with Gasteiger partial charge in [-0.15, -0.1) is 0 Å². The minimum atomic E-state index is -1.84. The highest BCUT2D eigenvalue weighted by atomic mass is 19.1. The second-order valence-electron chi connectivity index (χ2n) is 5.26. The Kier molecular flexibility index (Phi) is 3.75. The third kappa shape index (κ3) is 3.04. The number of piperidine rings is 1. The Morgan fingerprint density at radius 2 is 2.26 bits per heavy atom. The summed E-state index contributed by atoms with van der Waals surface area (Å²) in [5.74, 6) is -0.476. The zero-order chi connectivity index (χ0) is 14.0. The van der Waals surface area contributed by atoms with Crippen LogP contribution in [0, 0.1) is 6.92 Å². The highest BCUT2D eigenvalue weighted by Crippen LogP contribution is 2.27. The Bertz CT molecular complexity index is 492. The summed E-state index contributed by atoms with van der Waals surface area (Å²) in [5.41, 5.74) is -0.591. The number of anilines is 1. The van der Waals surface area contributed by atoms with Crippen LogP contribution in [0.2, 0.25) is 0 Å². The van der Waals surface area contributed by atoms with Gasteiger partial charge in [-0.25, -0.2) is 4.39 Å². The fourth-order valence-corrected chi connectivity index (χ4v) is 2.42. The normalized spacial score (nSPS) is 24.2. The fourth-order valence-electron chi connectivity index (χ4n) is 2.42. The van der Waals surface area contributed by atoms with Crippen LogP contribution in [-0.2, 0) is 4.79 Å². The van der Waals surface area contributed by atoms with Crippen molar-refractivity contribution >= 4 is 11.6 Å². The second-order valence-corrected chi connectivity index (χ2v) is 5.26. The van der Waals surface area contributed by atoms with Crippen LogP contribution < -0.4 is 5.32 Å². The van der Waals surface area contributed by atoms with E-state index in [1.54, 1.807) is 13.0 Å². The number of halogens is 1. The standard InChI is InChI=1S/C14H19FN2O2/c1-10-8-11(18)4-5-12(10)16-13(19)14(15)6-3-7-17(2)9-14/h4-5,8,18H,3,6-7,9H2,1-2H3,(H,16,19). The minimum Gasteiger partial charge on any atom is -0.508 e. The Morgan fingerprint density at radius 3 is 2.89 bits per heavy atom. The van der Waals surface area contributed by atoms with Crippen molar-refractivity contribution in [2.45, 2.75) is 25.4 Å². The first kappa shape index (κ1) is 13.8. The van der Waals surface area contributed by atoms with Gasteiger partial charge in [0.25, 0.3) is 5.91 Å². The summed E-state index contributed by atoms with van der Waals surface area (Å²) >= 11 is 0. The lowest BCUT2D eigenvalue weighted by atomic mass is 9.94. The molecule has 1 unspecified atom stereocenters. The number of carbonyl (C=O) groups is 1. The number of carbonyl (C=O) groups excluding carboxylic acids is 1. The Hall–Kier alpha value is -1.62. The van der Waals surface area contributed by atoms with Crippen molar-refractivity contribution in [1.29, 1.82) is 0 Å². The largest absolute Gasteiger partial charge is 0.508 e. The van der Waals surface area contributed by atoms with E-state index in [9.17, 15) is 14.3 Å².